The minimum absolute atomic E-state index is 0.00433. The van der Waals surface area contributed by atoms with Crippen molar-refractivity contribution in [1.82, 2.24) is 5.32 Å². The van der Waals surface area contributed by atoms with Gasteiger partial charge in [-0.3, -0.25) is 4.79 Å². The zero-order valence-electron chi connectivity index (χ0n) is 13.8. The summed E-state index contributed by atoms with van der Waals surface area (Å²) >= 11 is 0. The van der Waals surface area contributed by atoms with Gasteiger partial charge in [-0.15, -0.1) is 0 Å². The maximum atomic E-state index is 12.3. The molecule has 0 spiro atoms. The highest BCUT2D eigenvalue weighted by molar-refractivity contribution is 7.91. The lowest BCUT2D eigenvalue weighted by molar-refractivity contribution is 0.0915. The molecule has 1 amide bonds. The molecule has 1 heterocycles. The lowest BCUT2D eigenvalue weighted by atomic mass is 10.0. The molecule has 128 valence electrons. The second kappa shape index (κ2) is 7.34. The first-order valence-corrected chi connectivity index (χ1v) is 9.91. The van der Waals surface area contributed by atoms with E-state index in [2.05, 4.69) is 12.2 Å². The fourth-order valence-corrected chi connectivity index (χ4v) is 4.79. The molecule has 6 heteroatoms. The van der Waals surface area contributed by atoms with Crippen LogP contribution in [0.2, 0.25) is 0 Å². The molecule has 1 aromatic rings. The summed E-state index contributed by atoms with van der Waals surface area (Å²) in [6.45, 7) is 4.60. The maximum absolute atomic E-state index is 12.3. The van der Waals surface area contributed by atoms with E-state index in [-0.39, 0.29) is 17.4 Å². The highest BCUT2D eigenvalue weighted by Crippen LogP contribution is 2.23. The summed E-state index contributed by atoms with van der Waals surface area (Å²) in [4.78, 5) is 12.3. The Balaban J connectivity index is 1.90. The van der Waals surface area contributed by atoms with Crippen molar-refractivity contribution in [1.29, 1.82) is 0 Å². The number of hydrogen-bond acceptors (Lipinski definition) is 4. The fraction of sp³-hybridized carbons (Fsp3) is 0.588. The van der Waals surface area contributed by atoms with Crippen LogP contribution in [0.3, 0.4) is 0 Å². The fourth-order valence-electron chi connectivity index (χ4n) is 2.70. The number of sulfone groups is 1. The quantitative estimate of drug-likeness (QED) is 0.775. The minimum atomic E-state index is -3.04. The number of ether oxygens (including phenoxy) is 1. The zero-order chi connectivity index (χ0) is 16.9. The molecule has 1 aliphatic rings. The largest absolute Gasteiger partial charge is 0.494 e. The van der Waals surface area contributed by atoms with Crippen LogP contribution in [-0.2, 0) is 9.84 Å². The first-order chi connectivity index (χ1) is 10.8. The van der Waals surface area contributed by atoms with E-state index >= 15 is 0 Å². The highest BCUT2D eigenvalue weighted by Gasteiger charge is 2.39. The molecule has 0 bridgehead atoms. The van der Waals surface area contributed by atoms with Crippen LogP contribution in [0.4, 0.5) is 0 Å². The van der Waals surface area contributed by atoms with Crippen molar-refractivity contribution in [2.24, 2.45) is 0 Å². The van der Waals surface area contributed by atoms with E-state index in [1.165, 1.54) is 0 Å². The first-order valence-electron chi connectivity index (χ1n) is 8.09. The van der Waals surface area contributed by atoms with Crippen LogP contribution in [0.15, 0.2) is 24.3 Å². The van der Waals surface area contributed by atoms with Gasteiger partial charge in [0.15, 0.2) is 9.84 Å². The molecule has 1 aliphatic heterocycles. The van der Waals surface area contributed by atoms with Crippen LogP contribution in [0, 0.1) is 0 Å². The summed E-state index contributed by atoms with van der Waals surface area (Å²) in [5, 5.41) is 2.85. The second-order valence-corrected chi connectivity index (χ2v) is 8.62. The zero-order valence-corrected chi connectivity index (χ0v) is 14.6. The van der Waals surface area contributed by atoms with Gasteiger partial charge in [0.1, 0.15) is 5.75 Å². The predicted octanol–water partition coefficient (Wildman–Crippen LogP) is 2.56. The summed E-state index contributed by atoms with van der Waals surface area (Å²) in [5.74, 6) is 0.632. The average Bonchev–Trinajstić information content (AvgIpc) is 2.77. The molecular weight excluding hydrogens is 314 g/mol. The summed E-state index contributed by atoms with van der Waals surface area (Å²) in [6, 6.07) is 6.96. The molecule has 23 heavy (non-hydrogen) atoms. The number of carbonyl (C=O) groups excluding carboxylic acids is 1. The van der Waals surface area contributed by atoms with Crippen LogP contribution in [0.5, 0.6) is 5.75 Å². The van der Waals surface area contributed by atoms with Gasteiger partial charge in [0.05, 0.1) is 23.7 Å². The van der Waals surface area contributed by atoms with Crippen molar-refractivity contribution >= 4 is 15.7 Å². The molecule has 0 aliphatic carbocycles. The molecule has 5 nitrogen and oxygen atoms in total. The van der Waals surface area contributed by atoms with Gasteiger partial charge < -0.3 is 10.1 Å². The number of rotatable bonds is 7. The van der Waals surface area contributed by atoms with Gasteiger partial charge in [-0.2, -0.15) is 0 Å². The summed E-state index contributed by atoms with van der Waals surface area (Å²) in [5.41, 5.74) is -0.165. The van der Waals surface area contributed by atoms with E-state index in [1.54, 1.807) is 31.2 Å². The van der Waals surface area contributed by atoms with Gasteiger partial charge in [0.25, 0.3) is 5.91 Å². The van der Waals surface area contributed by atoms with Gasteiger partial charge in [-0.1, -0.05) is 19.8 Å². The average molecular weight is 339 g/mol. The van der Waals surface area contributed by atoms with Crippen molar-refractivity contribution in [2.75, 3.05) is 18.1 Å². The van der Waals surface area contributed by atoms with Gasteiger partial charge in [-0.05, 0) is 44.0 Å². The molecule has 0 radical (unpaired) electrons. The summed E-state index contributed by atoms with van der Waals surface area (Å²) in [6.07, 6.45) is 3.77. The molecule has 1 aromatic carbocycles. The monoisotopic (exact) mass is 339 g/mol. The van der Waals surface area contributed by atoms with Gasteiger partial charge in [0, 0.05) is 5.56 Å². The molecule has 0 aromatic heterocycles. The normalized spacial score (nSPS) is 22.7. The Kier molecular flexibility index (Phi) is 5.68. The van der Waals surface area contributed by atoms with E-state index in [4.69, 9.17) is 4.74 Å². The molecule has 1 fully saturated rings. The highest BCUT2D eigenvalue weighted by atomic mass is 32.2. The molecule has 1 saturated heterocycles. The molecule has 2 rings (SSSR count). The van der Waals surface area contributed by atoms with Crippen LogP contribution >= 0.6 is 0 Å². The molecule has 0 saturated carbocycles. The number of benzene rings is 1. The number of carbonyl (C=O) groups is 1. The van der Waals surface area contributed by atoms with E-state index in [9.17, 15) is 13.2 Å². The standard InChI is InChI=1S/C17H25NO4S/c1-3-4-5-11-22-15-8-6-14(7-9-15)16(19)18-17(2)10-12-23(20,21)13-17/h6-9H,3-5,10-13H2,1-2H3,(H,18,19). The lowest BCUT2D eigenvalue weighted by Gasteiger charge is -2.23. The van der Waals surface area contributed by atoms with Crippen LogP contribution in [0.25, 0.3) is 0 Å². The Hall–Kier alpha value is -1.56. The lowest BCUT2D eigenvalue weighted by Crippen LogP contribution is -2.46. The Labute approximate surface area is 138 Å². The third kappa shape index (κ3) is 5.23. The Bertz CT molecular complexity index is 639. The summed E-state index contributed by atoms with van der Waals surface area (Å²) < 4.78 is 28.8. The smallest absolute Gasteiger partial charge is 0.251 e. The molecular formula is C17H25NO4S. The Morgan fingerprint density at radius 1 is 1.26 bits per heavy atom. The number of hydrogen-bond donors (Lipinski definition) is 1. The SMILES string of the molecule is CCCCCOc1ccc(C(=O)NC2(C)CCS(=O)(=O)C2)cc1. The van der Waals surface area contributed by atoms with E-state index in [0.29, 0.717) is 18.6 Å². The van der Waals surface area contributed by atoms with Crippen molar-refractivity contribution in [3.8, 4) is 5.75 Å². The topological polar surface area (TPSA) is 72.5 Å². The molecule has 1 atom stereocenters. The van der Waals surface area contributed by atoms with Crippen molar-refractivity contribution in [3.05, 3.63) is 29.8 Å². The first kappa shape index (κ1) is 17.8. The Morgan fingerprint density at radius 3 is 2.52 bits per heavy atom. The van der Waals surface area contributed by atoms with Crippen molar-refractivity contribution in [2.45, 2.75) is 45.1 Å². The van der Waals surface area contributed by atoms with Crippen LogP contribution < -0.4 is 10.1 Å². The Morgan fingerprint density at radius 2 is 1.96 bits per heavy atom. The van der Waals surface area contributed by atoms with Crippen molar-refractivity contribution < 1.29 is 17.9 Å². The predicted molar refractivity (Wildman–Crippen MR) is 90.6 cm³/mol. The minimum Gasteiger partial charge on any atom is -0.494 e. The number of nitrogens with one attached hydrogen (secondary N) is 1. The van der Waals surface area contributed by atoms with E-state index in [1.807, 2.05) is 0 Å². The molecule has 1 unspecified atom stereocenters. The van der Waals surface area contributed by atoms with Gasteiger partial charge in [0.2, 0.25) is 0 Å². The van der Waals surface area contributed by atoms with Crippen molar-refractivity contribution in [3.63, 3.8) is 0 Å². The maximum Gasteiger partial charge on any atom is 0.251 e. The third-order valence-electron chi connectivity index (χ3n) is 4.05. The van der Waals surface area contributed by atoms with Crippen LogP contribution in [0.1, 0.15) is 49.9 Å². The number of amides is 1. The van der Waals surface area contributed by atoms with E-state index < -0.39 is 15.4 Å². The van der Waals surface area contributed by atoms with Gasteiger partial charge in [-0.25, -0.2) is 8.42 Å². The second-order valence-electron chi connectivity index (χ2n) is 6.44. The summed E-state index contributed by atoms with van der Waals surface area (Å²) in [7, 11) is -3.04. The third-order valence-corrected chi connectivity index (χ3v) is 5.95. The number of unbranched alkanes of at least 4 members (excludes halogenated alkanes) is 2. The van der Waals surface area contributed by atoms with E-state index in [0.717, 1.165) is 25.0 Å². The van der Waals surface area contributed by atoms with Gasteiger partial charge >= 0.3 is 0 Å². The van der Waals surface area contributed by atoms with Crippen LogP contribution in [-0.4, -0.2) is 38.0 Å². The molecule has 1 N–H and O–H groups in total.